The van der Waals surface area contributed by atoms with Crippen LogP contribution in [0.25, 0.3) is 0 Å². The van der Waals surface area contributed by atoms with Crippen molar-refractivity contribution in [3.8, 4) is 0 Å². The maximum absolute atomic E-state index is 8.97. The topological polar surface area (TPSA) is 20.2 Å². The quantitative estimate of drug-likeness (QED) is 0.652. The van der Waals surface area contributed by atoms with Crippen molar-refractivity contribution in [1.82, 2.24) is 0 Å². The Bertz CT molecular complexity index is 182. The van der Waals surface area contributed by atoms with E-state index < -0.39 is 0 Å². The Kier molecular flexibility index (Phi) is 3.56. The monoisotopic (exact) mass is 202 g/mol. The highest BCUT2D eigenvalue weighted by Crippen LogP contribution is 2.19. The van der Waals surface area contributed by atoms with Gasteiger partial charge in [-0.15, -0.1) is 0 Å². The first-order valence-corrected chi connectivity index (χ1v) is 5.67. The summed E-state index contributed by atoms with van der Waals surface area (Å²) in [6.45, 7) is 7.59. The van der Waals surface area contributed by atoms with Gasteiger partial charge in [-0.05, 0) is 6.92 Å². The molecular weight excluding hydrogens is 176 g/mol. The van der Waals surface area contributed by atoms with E-state index in [0.29, 0.717) is 12.6 Å². The molecule has 0 saturated carbocycles. The van der Waals surface area contributed by atoms with Crippen molar-refractivity contribution in [1.29, 1.82) is 0 Å². The summed E-state index contributed by atoms with van der Waals surface area (Å²) in [4.78, 5) is 0. The molecule has 1 aliphatic rings. The first-order chi connectivity index (χ1) is 6.40. The van der Waals surface area contributed by atoms with Gasteiger partial charge in [-0.2, -0.15) is 0 Å². The molecule has 0 aromatic rings. The molecule has 1 N–H and O–H groups in total. The number of aliphatic hydroxyl groups is 1. The highest BCUT2D eigenvalue weighted by atomic mass is 16.3. The van der Waals surface area contributed by atoms with Crippen LogP contribution in [0.5, 0.6) is 0 Å². The van der Waals surface area contributed by atoms with E-state index in [1.807, 2.05) is 0 Å². The molecule has 1 atom stereocenters. The van der Waals surface area contributed by atoms with Crippen molar-refractivity contribution in [3.63, 3.8) is 0 Å². The molecule has 1 fully saturated rings. The Morgan fingerprint density at radius 1 is 1.07 bits per heavy atom. The lowest BCUT2D eigenvalue weighted by Gasteiger charge is -2.47. The van der Waals surface area contributed by atoms with Crippen LogP contribution in [0.1, 0.15) is 13.3 Å². The molecule has 14 heavy (non-hydrogen) atoms. The lowest BCUT2D eigenvalue weighted by atomic mass is 10.1. The van der Waals surface area contributed by atoms with Crippen LogP contribution >= 0.6 is 0 Å². The second-order valence-corrected chi connectivity index (χ2v) is 5.67. The zero-order valence-corrected chi connectivity index (χ0v) is 10.2. The fourth-order valence-electron chi connectivity index (χ4n) is 2.16. The number of quaternary nitrogens is 2. The van der Waals surface area contributed by atoms with Crippen LogP contribution in [0.3, 0.4) is 0 Å². The molecule has 0 aliphatic carbocycles. The Balaban J connectivity index is 2.52. The van der Waals surface area contributed by atoms with Crippen LogP contribution in [0.2, 0.25) is 0 Å². The van der Waals surface area contributed by atoms with Gasteiger partial charge in [0.05, 0.1) is 27.2 Å². The van der Waals surface area contributed by atoms with E-state index in [4.69, 9.17) is 5.11 Å². The fraction of sp³-hybridized carbons (Fsp3) is 1.00. The Hall–Kier alpha value is -0.120. The number of hydrogen-bond acceptors (Lipinski definition) is 1. The number of nitrogens with zero attached hydrogens (tertiary/aromatic N) is 2. The molecule has 3 nitrogen and oxygen atoms in total. The minimum Gasteiger partial charge on any atom is -0.396 e. The Morgan fingerprint density at radius 2 is 1.57 bits per heavy atom. The third-order valence-corrected chi connectivity index (χ3v) is 4.04. The molecular formula is C11H26N2O+2. The van der Waals surface area contributed by atoms with Gasteiger partial charge in [0.25, 0.3) is 0 Å². The standard InChI is InChI=1S/C11H26N2O/c1-11(5-10-14)13(4)8-6-12(2,3)7-9-13/h11,14H,5-10H2,1-4H3/q+2/t11-/m0/s1. The maximum Gasteiger partial charge on any atom is 0.129 e. The van der Waals surface area contributed by atoms with Gasteiger partial charge in [-0.1, -0.05) is 0 Å². The molecule has 1 saturated heterocycles. The summed E-state index contributed by atoms with van der Waals surface area (Å²) in [7, 11) is 6.94. The Morgan fingerprint density at radius 3 is 2.00 bits per heavy atom. The van der Waals surface area contributed by atoms with Gasteiger partial charge in [0, 0.05) is 13.0 Å². The van der Waals surface area contributed by atoms with Crippen LogP contribution in [-0.4, -0.2) is 74.0 Å². The van der Waals surface area contributed by atoms with Gasteiger partial charge in [-0.3, -0.25) is 0 Å². The molecule has 0 radical (unpaired) electrons. The van der Waals surface area contributed by atoms with Crippen molar-refractivity contribution < 1.29 is 14.1 Å². The largest absolute Gasteiger partial charge is 0.396 e. The third kappa shape index (κ3) is 2.69. The summed E-state index contributed by atoms with van der Waals surface area (Å²) in [5, 5.41) is 8.97. The van der Waals surface area contributed by atoms with Gasteiger partial charge < -0.3 is 14.1 Å². The molecule has 84 valence electrons. The van der Waals surface area contributed by atoms with Crippen molar-refractivity contribution in [2.24, 2.45) is 0 Å². The van der Waals surface area contributed by atoms with E-state index in [2.05, 4.69) is 28.1 Å². The first-order valence-electron chi connectivity index (χ1n) is 5.67. The van der Waals surface area contributed by atoms with Crippen LogP contribution < -0.4 is 0 Å². The number of aliphatic hydroxyl groups excluding tert-OH is 1. The average Bonchev–Trinajstić information content (AvgIpc) is 2.11. The minimum atomic E-state index is 0.327. The van der Waals surface area contributed by atoms with Crippen LogP contribution in [-0.2, 0) is 0 Å². The SMILES string of the molecule is C[C@@H](CCO)[N+]1(C)CC[N+](C)(C)CC1. The molecule has 0 amide bonds. The minimum absolute atomic E-state index is 0.327. The van der Waals surface area contributed by atoms with E-state index in [9.17, 15) is 0 Å². The number of likely N-dealkylation sites (N-methyl/N-ethyl adjacent to an activating group) is 2. The van der Waals surface area contributed by atoms with Crippen molar-refractivity contribution in [2.45, 2.75) is 19.4 Å². The van der Waals surface area contributed by atoms with Gasteiger partial charge in [-0.25, -0.2) is 0 Å². The zero-order chi connectivity index (χ0) is 10.8. The number of hydrogen-bond donors (Lipinski definition) is 1. The van der Waals surface area contributed by atoms with Gasteiger partial charge >= 0.3 is 0 Å². The predicted octanol–water partition coefficient (Wildman–Crippen LogP) is 0.294. The third-order valence-electron chi connectivity index (χ3n) is 4.04. The predicted molar refractivity (Wildman–Crippen MR) is 58.9 cm³/mol. The van der Waals surface area contributed by atoms with Gasteiger partial charge in [0.2, 0.25) is 0 Å². The molecule has 1 heterocycles. The summed E-state index contributed by atoms with van der Waals surface area (Å²) in [6, 6.07) is 0.597. The summed E-state index contributed by atoms with van der Waals surface area (Å²) >= 11 is 0. The lowest BCUT2D eigenvalue weighted by Crippen LogP contribution is -2.65. The normalized spacial score (nSPS) is 27.2. The summed E-state index contributed by atoms with van der Waals surface area (Å²) in [6.07, 6.45) is 0.934. The second kappa shape index (κ2) is 4.17. The highest BCUT2D eigenvalue weighted by Gasteiger charge is 2.37. The molecule has 3 heteroatoms. The van der Waals surface area contributed by atoms with E-state index in [-0.39, 0.29) is 0 Å². The van der Waals surface area contributed by atoms with Gasteiger partial charge in [0.1, 0.15) is 26.2 Å². The van der Waals surface area contributed by atoms with Crippen molar-refractivity contribution >= 4 is 0 Å². The molecule has 1 rings (SSSR count). The first kappa shape index (κ1) is 12.0. The molecule has 0 unspecified atom stereocenters. The van der Waals surface area contributed by atoms with E-state index in [1.54, 1.807) is 0 Å². The average molecular weight is 202 g/mol. The summed E-state index contributed by atoms with van der Waals surface area (Å²) in [5.74, 6) is 0. The van der Waals surface area contributed by atoms with Crippen molar-refractivity contribution in [3.05, 3.63) is 0 Å². The van der Waals surface area contributed by atoms with Crippen LogP contribution in [0.15, 0.2) is 0 Å². The zero-order valence-electron chi connectivity index (χ0n) is 10.2. The maximum atomic E-state index is 8.97. The molecule has 0 bridgehead atoms. The molecule has 0 spiro atoms. The number of rotatable bonds is 3. The summed E-state index contributed by atoms with van der Waals surface area (Å²) in [5.41, 5.74) is 0. The van der Waals surface area contributed by atoms with Gasteiger partial charge in [0.15, 0.2) is 0 Å². The van der Waals surface area contributed by atoms with Crippen LogP contribution in [0.4, 0.5) is 0 Å². The smallest absolute Gasteiger partial charge is 0.129 e. The van der Waals surface area contributed by atoms with E-state index in [1.165, 1.54) is 26.2 Å². The summed E-state index contributed by atoms with van der Waals surface area (Å²) < 4.78 is 2.29. The highest BCUT2D eigenvalue weighted by molar-refractivity contribution is 4.56. The molecule has 0 aromatic carbocycles. The lowest BCUT2D eigenvalue weighted by molar-refractivity contribution is -1.02. The van der Waals surface area contributed by atoms with Crippen LogP contribution in [0, 0.1) is 0 Å². The van der Waals surface area contributed by atoms with Crippen molar-refractivity contribution in [2.75, 3.05) is 53.9 Å². The van der Waals surface area contributed by atoms with E-state index >= 15 is 0 Å². The second-order valence-electron chi connectivity index (χ2n) is 5.67. The molecule has 1 aliphatic heterocycles. The fourth-order valence-corrected chi connectivity index (χ4v) is 2.16. The van der Waals surface area contributed by atoms with E-state index in [0.717, 1.165) is 15.4 Å². The number of piperazine rings is 1. The molecule has 0 aromatic heterocycles. The Labute approximate surface area is 88.1 Å².